The summed E-state index contributed by atoms with van der Waals surface area (Å²) in [6, 6.07) is 16.3. The minimum Gasteiger partial charge on any atom is -0.394 e. The van der Waals surface area contributed by atoms with Crippen LogP contribution in [0, 0.1) is 0 Å². The molecule has 0 amide bonds. The van der Waals surface area contributed by atoms with Crippen molar-refractivity contribution in [3.05, 3.63) is 54.6 Å². The highest BCUT2D eigenvalue weighted by Crippen LogP contribution is 2.25. The normalized spacial score (nSPS) is 29.0. The molecule has 0 bridgehead atoms. The van der Waals surface area contributed by atoms with Crippen molar-refractivity contribution in [2.24, 2.45) is 10.2 Å². The summed E-state index contributed by atoms with van der Waals surface area (Å²) in [5.41, 5.74) is 2.01. The van der Waals surface area contributed by atoms with Crippen molar-refractivity contribution in [2.75, 3.05) is 11.9 Å². The van der Waals surface area contributed by atoms with E-state index >= 15 is 0 Å². The second kappa shape index (κ2) is 8.35. The molecule has 0 saturated carbocycles. The molecule has 8 heteroatoms. The summed E-state index contributed by atoms with van der Waals surface area (Å²) in [4.78, 5) is 0. The maximum Gasteiger partial charge on any atom is 0.157 e. The Morgan fingerprint density at radius 2 is 1.42 bits per heavy atom. The molecular formula is C18H21N3O5. The van der Waals surface area contributed by atoms with Gasteiger partial charge in [-0.25, -0.2) is 0 Å². The van der Waals surface area contributed by atoms with Crippen LogP contribution in [0.4, 0.5) is 17.1 Å². The Kier molecular flexibility index (Phi) is 5.92. The molecule has 26 heavy (non-hydrogen) atoms. The molecule has 1 aliphatic heterocycles. The number of nitrogens with zero attached hydrogens (tertiary/aromatic N) is 2. The van der Waals surface area contributed by atoms with E-state index in [-0.39, 0.29) is 0 Å². The molecule has 0 aliphatic carbocycles. The van der Waals surface area contributed by atoms with Crippen molar-refractivity contribution in [3.63, 3.8) is 0 Å². The fourth-order valence-corrected chi connectivity index (χ4v) is 2.62. The zero-order valence-electron chi connectivity index (χ0n) is 13.9. The molecule has 1 saturated heterocycles. The summed E-state index contributed by atoms with van der Waals surface area (Å²) in [6.07, 6.45) is -6.07. The quantitative estimate of drug-likeness (QED) is 0.512. The lowest BCUT2D eigenvalue weighted by Crippen LogP contribution is -2.60. The number of ether oxygens (including phenoxy) is 1. The lowest BCUT2D eigenvalue weighted by Gasteiger charge is -2.40. The molecule has 2 aromatic rings. The van der Waals surface area contributed by atoms with Crippen molar-refractivity contribution in [2.45, 2.75) is 30.6 Å². The van der Waals surface area contributed by atoms with Crippen molar-refractivity contribution in [1.29, 1.82) is 0 Å². The molecule has 138 valence electrons. The van der Waals surface area contributed by atoms with Gasteiger partial charge in [0.2, 0.25) is 0 Å². The average molecular weight is 359 g/mol. The van der Waals surface area contributed by atoms with E-state index in [1.807, 2.05) is 30.3 Å². The number of hydrogen-bond donors (Lipinski definition) is 5. The van der Waals surface area contributed by atoms with Gasteiger partial charge >= 0.3 is 0 Å². The molecule has 1 heterocycles. The molecule has 1 aliphatic rings. The van der Waals surface area contributed by atoms with Crippen molar-refractivity contribution in [3.8, 4) is 0 Å². The maximum atomic E-state index is 10.0. The van der Waals surface area contributed by atoms with Gasteiger partial charge in [0.05, 0.1) is 18.0 Å². The zero-order chi connectivity index (χ0) is 18.5. The SMILES string of the molecule is OC[C@@H]1O[C@H](Nc2ccc(N=Nc3ccccc3)cc2)[C@H](O)[C@@H](O)[C@@H]1O. The number of hydrogen-bond acceptors (Lipinski definition) is 8. The van der Waals surface area contributed by atoms with E-state index in [1.54, 1.807) is 24.3 Å². The number of benzene rings is 2. The van der Waals surface area contributed by atoms with Crippen molar-refractivity contribution in [1.82, 2.24) is 0 Å². The second-order valence-electron chi connectivity index (χ2n) is 5.98. The van der Waals surface area contributed by atoms with Gasteiger partial charge in [0.15, 0.2) is 6.23 Å². The van der Waals surface area contributed by atoms with Gasteiger partial charge in [0.25, 0.3) is 0 Å². The topological polar surface area (TPSA) is 127 Å². The highest BCUT2D eigenvalue weighted by molar-refractivity contribution is 5.51. The third-order valence-electron chi connectivity index (χ3n) is 4.11. The van der Waals surface area contributed by atoms with Gasteiger partial charge in [-0.15, -0.1) is 0 Å². The van der Waals surface area contributed by atoms with E-state index in [0.29, 0.717) is 11.4 Å². The molecule has 0 aromatic heterocycles. The first kappa shape index (κ1) is 18.4. The Morgan fingerprint density at radius 1 is 0.808 bits per heavy atom. The van der Waals surface area contributed by atoms with Gasteiger partial charge in [0, 0.05) is 5.69 Å². The highest BCUT2D eigenvalue weighted by Gasteiger charge is 2.43. The number of nitrogens with one attached hydrogen (secondary N) is 1. The van der Waals surface area contributed by atoms with Crippen LogP contribution in [-0.4, -0.2) is 57.7 Å². The first-order chi connectivity index (χ1) is 12.6. The number of rotatable bonds is 5. The molecule has 2 aromatic carbocycles. The largest absolute Gasteiger partial charge is 0.394 e. The number of azo groups is 1. The monoisotopic (exact) mass is 359 g/mol. The minimum absolute atomic E-state index is 0.470. The third kappa shape index (κ3) is 4.24. The molecule has 0 spiro atoms. The Hall–Kier alpha value is -2.36. The average Bonchev–Trinajstić information content (AvgIpc) is 2.68. The van der Waals surface area contributed by atoms with Gasteiger partial charge in [0.1, 0.15) is 24.4 Å². The summed E-state index contributed by atoms with van der Waals surface area (Å²) in [7, 11) is 0. The Morgan fingerprint density at radius 3 is 2.04 bits per heavy atom. The van der Waals surface area contributed by atoms with Crippen LogP contribution in [0.5, 0.6) is 0 Å². The predicted octanol–water partition coefficient (Wildman–Crippen LogP) is 1.31. The van der Waals surface area contributed by atoms with Crippen LogP contribution in [0.1, 0.15) is 0 Å². The van der Waals surface area contributed by atoms with Crippen LogP contribution in [0.25, 0.3) is 0 Å². The number of anilines is 1. The standard InChI is InChI=1S/C18H21N3O5/c22-10-14-15(23)16(24)17(25)18(26-14)19-11-6-8-13(9-7-11)21-20-12-4-2-1-3-5-12/h1-9,14-19,22-25H,10H2/t14-,15+,16-,17+,18-/m0/s1. The van der Waals surface area contributed by atoms with Crippen molar-refractivity contribution >= 4 is 17.1 Å². The molecular weight excluding hydrogens is 338 g/mol. The summed E-state index contributed by atoms with van der Waals surface area (Å²) in [5, 5.41) is 50.0. The molecule has 5 N–H and O–H groups in total. The number of aliphatic hydroxyl groups is 4. The molecule has 3 rings (SSSR count). The van der Waals surface area contributed by atoms with Crippen LogP contribution < -0.4 is 5.32 Å². The summed E-state index contributed by atoms with van der Waals surface area (Å²) >= 11 is 0. The maximum absolute atomic E-state index is 10.0. The van der Waals surface area contributed by atoms with Crippen molar-refractivity contribution < 1.29 is 25.2 Å². The first-order valence-electron chi connectivity index (χ1n) is 8.22. The highest BCUT2D eigenvalue weighted by atomic mass is 16.6. The molecule has 1 fully saturated rings. The van der Waals surface area contributed by atoms with Crippen LogP contribution in [0.15, 0.2) is 64.8 Å². The predicted molar refractivity (Wildman–Crippen MR) is 94.4 cm³/mol. The van der Waals surface area contributed by atoms with E-state index in [1.165, 1.54) is 0 Å². The molecule has 0 radical (unpaired) electrons. The van der Waals surface area contributed by atoms with E-state index in [9.17, 15) is 20.4 Å². The van der Waals surface area contributed by atoms with Gasteiger partial charge < -0.3 is 30.5 Å². The smallest absolute Gasteiger partial charge is 0.157 e. The molecule has 0 unspecified atom stereocenters. The molecule has 8 nitrogen and oxygen atoms in total. The van der Waals surface area contributed by atoms with Crippen LogP contribution in [0.2, 0.25) is 0 Å². The number of aliphatic hydroxyl groups excluding tert-OH is 4. The minimum atomic E-state index is -1.42. The Balaban J connectivity index is 1.64. The summed E-state index contributed by atoms with van der Waals surface area (Å²) < 4.78 is 5.41. The summed E-state index contributed by atoms with van der Waals surface area (Å²) in [5.74, 6) is 0. The van der Waals surface area contributed by atoms with E-state index in [4.69, 9.17) is 4.74 Å². The zero-order valence-corrected chi connectivity index (χ0v) is 13.9. The van der Waals surface area contributed by atoms with Crippen LogP contribution in [0.3, 0.4) is 0 Å². The third-order valence-corrected chi connectivity index (χ3v) is 4.11. The van der Waals surface area contributed by atoms with Crippen LogP contribution >= 0.6 is 0 Å². The van der Waals surface area contributed by atoms with E-state index < -0.39 is 37.3 Å². The van der Waals surface area contributed by atoms with Gasteiger partial charge in [-0.2, -0.15) is 10.2 Å². The lowest BCUT2D eigenvalue weighted by atomic mass is 9.98. The van der Waals surface area contributed by atoms with E-state index in [0.717, 1.165) is 5.69 Å². The van der Waals surface area contributed by atoms with Gasteiger partial charge in [-0.3, -0.25) is 0 Å². The second-order valence-corrected chi connectivity index (χ2v) is 5.98. The van der Waals surface area contributed by atoms with Gasteiger partial charge in [-0.1, -0.05) is 18.2 Å². The van der Waals surface area contributed by atoms with E-state index in [2.05, 4.69) is 15.5 Å². The first-order valence-corrected chi connectivity index (χ1v) is 8.22. The molecule has 5 atom stereocenters. The van der Waals surface area contributed by atoms with Crippen LogP contribution in [-0.2, 0) is 4.74 Å². The Labute approximate surface area is 150 Å². The summed E-state index contributed by atoms with van der Waals surface area (Å²) in [6.45, 7) is -0.470. The lowest BCUT2D eigenvalue weighted by molar-refractivity contribution is -0.221. The fourth-order valence-electron chi connectivity index (χ4n) is 2.62. The van der Waals surface area contributed by atoms with Gasteiger partial charge in [-0.05, 0) is 36.4 Å². The Bertz CT molecular complexity index is 723. The fraction of sp³-hybridized carbons (Fsp3) is 0.333.